The van der Waals surface area contributed by atoms with Crippen molar-refractivity contribution in [3.8, 4) is 0 Å². The van der Waals surface area contributed by atoms with Crippen molar-refractivity contribution in [3.63, 3.8) is 0 Å². The number of likely N-dealkylation sites (N-methyl/N-ethyl adjacent to an activating group) is 1. The van der Waals surface area contributed by atoms with Gasteiger partial charge in [-0.25, -0.2) is 0 Å². The molecule has 1 fully saturated rings. The first-order valence-corrected chi connectivity index (χ1v) is 8.78. The maximum Gasteiger partial charge on any atom is 0.0589 e. The van der Waals surface area contributed by atoms with Gasteiger partial charge in [0.15, 0.2) is 0 Å². The smallest absolute Gasteiger partial charge is 0.0589 e. The van der Waals surface area contributed by atoms with Crippen molar-refractivity contribution in [1.29, 1.82) is 0 Å². The fraction of sp³-hybridized carbons (Fsp3) is 1.00. The van der Waals surface area contributed by atoms with Gasteiger partial charge in [0.2, 0.25) is 0 Å². The Bertz CT molecular complexity index is 223. The summed E-state index contributed by atoms with van der Waals surface area (Å²) < 4.78 is 5.25. The maximum absolute atomic E-state index is 6.52. The zero-order valence-electron chi connectivity index (χ0n) is 13.8. The van der Waals surface area contributed by atoms with E-state index in [0.29, 0.717) is 12.1 Å². The molecule has 3 heteroatoms. The van der Waals surface area contributed by atoms with Crippen LogP contribution in [0.5, 0.6) is 0 Å². The molecular weight excluding hydrogens is 248 g/mol. The molecule has 2 N–H and O–H groups in total. The van der Waals surface area contributed by atoms with Gasteiger partial charge in [0, 0.05) is 25.7 Å². The lowest BCUT2D eigenvalue weighted by Gasteiger charge is -2.35. The molecule has 2 atom stereocenters. The molecular formula is C17H36N2O. The van der Waals surface area contributed by atoms with Crippen LogP contribution in [-0.4, -0.2) is 43.8 Å². The summed E-state index contributed by atoms with van der Waals surface area (Å²) in [5.41, 5.74) is 6.52. The molecule has 3 nitrogen and oxygen atoms in total. The topological polar surface area (TPSA) is 38.5 Å². The van der Waals surface area contributed by atoms with Gasteiger partial charge in [-0.2, -0.15) is 0 Å². The molecule has 1 saturated carbocycles. The van der Waals surface area contributed by atoms with Crippen molar-refractivity contribution < 1.29 is 4.74 Å². The van der Waals surface area contributed by atoms with Crippen molar-refractivity contribution in [1.82, 2.24) is 4.90 Å². The molecule has 0 saturated heterocycles. The number of hydrogen-bond donors (Lipinski definition) is 1. The van der Waals surface area contributed by atoms with Crippen molar-refractivity contribution in [2.75, 3.05) is 26.8 Å². The van der Waals surface area contributed by atoms with E-state index in [0.717, 1.165) is 19.7 Å². The molecule has 0 spiro atoms. The SMILES string of the molecule is CCN(CCOC)C1CCCCCCCCCCC1N. The molecule has 0 bridgehead atoms. The average Bonchev–Trinajstić information content (AvgIpc) is 2.45. The summed E-state index contributed by atoms with van der Waals surface area (Å²) in [6, 6.07) is 0.890. The molecule has 0 aromatic heterocycles. The molecule has 0 aromatic rings. The third kappa shape index (κ3) is 7.05. The highest BCUT2D eigenvalue weighted by Gasteiger charge is 2.23. The summed E-state index contributed by atoms with van der Waals surface area (Å²) in [6.07, 6.45) is 13.5. The van der Waals surface area contributed by atoms with E-state index in [1.807, 2.05) is 0 Å². The number of hydrogen-bond acceptors (Lipinski definition) is 3. The molecule has 20 heavy (non-hydrogen) atoms. The summed E-state index contributed by atoms with van der Waals surface area (Å²) >= 11 is 0. The lowest BCUT2D eigenvalue weighted by molar-refractivity contribution is 0.105. The van der Waals surface area contributed by atoms with Crippen molar-refractivity contribution in [2.45, 2.75) is 83.2 Å². The second kappa shape index (κ2) is 11.5. The van der Waals surface area contributed by atoms with Gasteiger partial charge in [-0.1, -0.05) is 58.3 Å². The first-order chi connectivity index (χ1) is 9.79. The number of nitrogens with zero attached hydrogens (tertiary/aromatic N) is 1. The third-order valence-corrected chi connectivity index (χ3v) is 4.74. The van der Waals surface area contributed by atoms with Crippen molar-refractivity contribution in [2.24, 2.45) is 5.73 Å². The average molecular weight is 284 g/mol. The highest BCUT2D eigenvalue weighted by molar-refractivity contribution is 4.82. The maximum atomic E-state index is 6.52. The zero-order valence-corrected chi connectivity index (χ0v) is 13.8. The number of rotatable bonds is 5. The van der Waals surface area contributed by atoms with E-state index in [2.05, 4.69) is 11.8 Å². The van der Waals surface area contributed by atoms with Crippen molar-refractivity contribution in [3.05, 3.63) is 0 Å². The molecule has 0 aromatic carbocycles. The van der Waals surface area contributed by atoms with E-state index in [9.17, 15) is 0 Å². The molecule has 1 aliphatic rings. The van der Waals surface area contributed by atoms with Gasteiger partial charge >= 0.3 is 0 Å². The molecule has 120 valence electrons. The normalized spacial score (nSPS) is 27.0. The summed E-state index contributed by atoms with van der Waals surface area (Å²) in [7, 11) is 1.79. The van der Waals surface area contributed by atoms with E-state index in [1.54, 1.807) is 7.11 Å². The monoisotopic (exact) mass is 284 g/mol. The van der Waals surface area contributed by atoms with Crippen LogP contribution in [0.1, 0.15) is 71.1 Å². The Morgan fingerprint density at radius 3 is 2.05 bits per heavy atom. The van der Waals surface area contributed by atoms with Crippen LogP contribution in [0.3, 0.4) is 0 Å². The van der Waals surface area contributed by atoms with Gasteiger partial charge in [-0.15, -0.1) is 0 Å². The number of methoxy groups -OCH3 is 1. The lowest BCUT2D eigenvalue weighted by Crippen LogP contribution is -2.49. The Morgan fingerprint density at radius 2 is 1.50 bits per heavy atom. The van der Waals surface area contributed by atoms with Crippen LogP contribution in [0.4, 0.5) is 0 Å². The van der Waals surface area contributed by atoms with E-state index in [1.165, 1.54) is 64.2 Å². The first-order valence-electron chi connectivity index (χ1n) is 8.78. The van der Waals surface area contributed by atoms with Crippen LogP contribution in [0.2, 0.25) is 0 Å². The van der Waals surface area contributed by atoms with Crippen LogP contribution < -0.4 is 5.73 Å². The van der Waals surface area contributed by atoms with Crippen LogP contribution in [-0.2, 0) is 4.74 Å². The van der Waals surface area contributed by atoms with E-state index >= 15 is 0 Å². The largest absolute Gasteiger partial charge is 0.383 e. The van der Waals surface area contributed by atoms with Gasteiger partial charge in [0.25, 0.3) is 0 Å². The first kappa shape index (κ1) is 17.9. The predicted molar refractivity (Wildman–Crippen MR) is 87.1 cm³/mol. The molecule has 0 amide bonds. The lowest BCUT2D eigenvalue weighted by atomic mass is 9.93. The number of nitrogens with two attached hydrogens (primary N) is 1. The van der Waals surface area contributed by atoms with Gasteiger partial charge in [-0.3, -0.25) is 4.90 Å². The van der Waals surface area contributed by atoms with Gasteiger partial charge < -0.3 is 10.5 Å². The summed E-state index contributed by atoms with van der Waals surface area (Å²) in [4.78, 5) is 2.54. The Labute approximate surface area is 126 Å². The second-order valence-corrected chi connectivity index (χ2v) is 6.26. The Balaban J connectivity index is 2.54. The molecule has 0 radical (unpaired) electrons. The van der Waals surface area contributed by atoms with Gasteiger partial charge in [0.05, 0.1) is 6.61 Å². The molecule has 0 heterocycles. The zero-order chi connectivity index (χ0) is 14.6. The highest BCUT2D eigenvalue weighted by Crippen LogP contribution is 2.20. The summed E-state index contributed by atoms with van der Waals surface area (Å²) in [5, 5.41) is 0. The predicted octanol–water partition coefficient (Wildman–Crippen LogP) is 3.57. The Morgan fingerprint density at radius 1 is 0.950 bits per heavy atom. The minimum atomic E-state index is 0.339. The molecule has 1 rings (SSSR count). The molecule has 0 aliphatic heterocycles. The standard InChI is InChI=1S/C17H36N2O/c1-3-19(14-15-20-2)17-13-11-9-7-5-4-6-8-10-12-16(17)18/h16-17H,3-15,18H2,1-2H3. The second-order valence-electron chi connectivity index (χ2n) is 6.26. The number of ether oxygens (including phenoxy) is 1. The van der Waals surface area contributed by atoms with Crippen LogP contribution in [0.15, 0.2) is 0 Å². The minimum absolute atomic E-state index is 0.339. The Kier molecular flexibility index (Phi) is 10.3. The fourth-order valence-corrected chi connectivity index (χ4v) is 3.42. The van der Waals surface area contributed by atoms with Crippen LogP contribution in [0, 0.1) is 0 Å². The van der Waals surface area contributed by atoms with Crippen LogP contribution in [0.25, 0.3) is 0 Å². The summed E-state index contributed by atoms with van der Waals surface area (Å²) in [6.45, 7) is 5.17. The molecule has 2 unspecified atom stereocenters. The van der Waals surface area contributed by atoms with E-state index < -0.39 is 0 Å². The quantitative estimate of drug-likeness (QED) is 0.839. The van der Waals surface area contributed by atoms with Gasteiger partial charge in [0.1, 0.15) is 0 Å². The third-order valence-electron chi connectivity index (χ3n) is 4.74. The molecule has 1 aliphatic carbocycles. The van der Waals surface area contributed by atoms with E-state index in [-0.39, 0.29) is 0 Å². The van der Waals surface area contributed by atoms with E-state index in [4.69, 9.17) is 10.5 Å². The van der Waals surface area contributed by atoms with Gasteiger partial charge in [-0.05, 0) is 19.4 Å². The highest BCUT2D eigenvalue weighted by atomic mass is 16.5. The minimum Gasteiger partial charge on any atom is -0.383 e. The van der Waals surface area contributed by atoms with Crippen LogP contribution >= 0.6 is 0 Å². The fourth-order valence-electron chi connectivity index (χ4n) is 3.42. The Hall–Kier alpha value is -0.120. The van der Waals surface area contributed by atoms with Crippen molar-refractivity contribution >= 4 is 0 Å². The summed E-state index contributed by atoms with van der Waals surface area (Å²) in [5.74, 6) is 0.